The van der Waals surface area contributed by atoms with Crippen LogP contribution in [0, 0.1) is 35.5 Å². The highest BCUT2D eigenvalue weighted by molar-refractivity contribution is 7.26. The summed E-state index contributed by atoms with van der Waals surface area (Å²) in [6.07, 6.45) is 17.5. The molecule has 8 saturated carbocycles. The maximum atomic E-state index is 2.58. The van der Waals surface area contributed by atoms with Crippen LogP contribution < -0.4 is 4.90 Å². The van der Waals surface area contributed by atoms with Gasteiger partial charge in [0.05, 0.1) is 0 Å². The van der Waals surface area contributed by atoms with E-state index in [2.05, 4.69) is 122 Å². The maximum absolute atomic E-state index is 2.58. The van der Waals surface area contributed by atoms with Gasteiger partial charge in [0.15, 0.2) is 0 Å². The van der Waals surface area contributed by atoms with Crippen molar-refractivity contribution in [3.63, 3.8) is 0 Å². The minimum absolute atomic E-state index is 0.0997. The van der Waals surface area contributed by atoms with Gasteiger partial charge >= 0.3 is 0 Å². The summed E-state index contributed by atoms with van der Waals surface area (Å²) < 4.78 is 2.84. The molecular formula is C53H53NS. The van der Waals surface area contributed by atoms with E-state index in [1.807, 2.05) is 11.3 Å². The lowest BCUT2D eigenvalue weighted by Crippen LogP contribution is -2.48. The zero-order chi connectivity index (χ0) is 36.3. The van der Waals surface area contributed by atoms with Crippen LogP contribution in [0.5, 0.6) is 0 Å². The van der Waals surface area contributed by atoms with Crippen molar-refractivity contribution in [3.8, 4) is 11.1 Å². The molecule has 15 rings (SSSR count). The van der Waals surface area contributed by atoms with E-state index in [1.165, 1.54) is 137 Å². The maximum Gasteiger partial charge on any atom is 0.0465 e. The van der Waals surface area contributed by atoms with Gasteiger partial charge in [0.1, 0.15) is 0 Å². The summed E-state index contributed by atoms with van der Waals surface area (Å²) in [5.74, 6) is 5.76. The third-order valence-electron chi connectivity index (χ3n) is 16.9. The molecule has 0 saturated heterocycles. The fraction of sp³-hybridized carbons (Fsp3) is 0.434. The summed E-state index contributed by atoms with van der Waals surface area (Å²) in [6, 6.07) is 41.3. The molecule has 5 aromatic carbocycles. The zero-order valence-electron chi connectivity index (χ0n) is 32.6. The summed E-state index contributed by atoms with van der Waals surface area (Å²) in [5, 5.41) is 2.79. The fourth-order valence-electron chi connectivity index (χ4n) is 15.5. The Morgan fingerprint density at radius 2 is 0.964 bits per heavy atom. The molecule has 8 bridgehead atoms. The van der Waals surface area contributed by atoms with E-state index in [9.17, 15) is 0 Å². The topological polar surface area (TPSA) is 3.24 Å². The molecule has 9 aliphatic rings. The van der Waals surface area contributed by atoms with E-state index in [-0.39, 0.29) is 5.41 Å². The first-order chi connectivity index (χ1) is 26.8. The molecule has 1 aromatic heterocycles. The summed E-state index contributed by atoms with van der Waals surface area (Å²) >= 11 is 1.98. The van der Waals surface area contributed by atoms with Crippen LogP contribution in [-0.4, -0.2) is 0 Å². The summed E-state index contributed by atoms with van der Waals surface area (Å²) in [7, 11) is 0. The van der Waals surface area contributed by atoms with Crippen molar-refractivity contribution >= 4 is 48.6 Å². The zero-order valence-corrected chi connectivity index (χ0v) is 33.4. The molecule has 0 aliphatic heterocycles. The summed E-state index contributed by atoms with van der Waals surface area (Å²) in [5.41, 5.74) is 13.6. The van der Waals surface area contributed by atoms with Crippen LogP contribution in [0.15, 0.2) is 103 Å². The monoisotopic (exact) mass is 735 g/mol. The second-order valence-corrected chi connectivity index (χ2v) is 21.7. The van der Waals surface area contributed by atoms with Gasteiger partial charge in [-0.05, 0) is 199 Å². The Kier molecular flexibility index (Phi) is 6.54. The van der Waals surface area contributed by atoms with Crippen LogP contribution >= 0.6 is 11.3 Å². The highest BCUT2D eigenvalue weighted by atomic mass is 32.1. The molecule has 0 unspecified atom stereocenters. The Hall–Kier alpha value is -3.88. The van der Waals surface area contributed by atoms with Gasteiger partial charge in [-0.25, -0.2) is 0 Å². The lowest BCUT2D eigenvalue weighted by atomic mass is 9.48. The standard InChI is InChI=1S/C53H53NS/c1-51(2)47-25-42(15-16-43(47)45-17-18-46-44-5-3-4-6-48(44)55-50(46)49(45)51)54(40-11-7-38(8-12-40)52-26-32-19-33(27-52)21-34(20-32)28-52)41-13-9-39(10-14-41)53-29-35-22-36(30-53)24-37(23-35)31-53/h3-18,25,32-37H,19-24,26-31H2,1-2H3. The molecule has 2 heteroatoms. The average molecular weight is 736 g/mol. The molecule has 6 aromatic rings. The Morgan fingerprint density at radius 1 is 0.491 bits per heavy atom. The average Bonchev–Trinajstić information content (AvgIpc) is 3.66. The van der Waals surface area contributed by atoms with E-state index in [0.29, 0.717) is 10.8 Å². The van der Waals surface area contributed by atoms with Gasteiger partial charge in [0.2, 0.25) is 0 Å². The van der Waals surface area contributed by atoms with Crippen molar-refractivity contribution in [1.82, 2.24) is 0 Å². The number of hydrogen-bond donors (Lipinski definition) is 0. The molecule has 1 nitrogen and oxygen atoms in total. The van der Waals surface area contributed by atoms with Crippen LogP contribution in [0.3, 0.4) is 0 Å². The Labute approximate surface area is 331 Å². The first kappa shape index (κ1) is 32.2. The molecule has 9 aliphatic carbocycles. The number of hydrogen-bond acceptors (Lipinski definition) is 2. The predicted molar refractivity (Wildman–Crippen MR) is 231 cm³/mol. The van der Waals surface area contributed by atoms with Crippen LogP contribution in [0.2, 0.25) is 0 Å². The summed E-state index contributed by atoms with van der Waals surface area (Å²) in [4.78, 5) is 2.58. The predicted octanol–water partition coefficient (Wildman–Crippen LogP) is 14.8. The molecule has 276 valence electrons. The van der Waals surface area contributed by atoms with Gasteiger partial charge in [0.25, 0.3) is 0 Å². The molecule has 0 spiro atoms. The third kappa shape index (κ3) is 4.58. The Morgan fingerprint density at radius 3 is 1.49 bits per heavy atom. The SMILES string of the molecule is CC1(C)c2cc(N(c3ccc(C45CC6CC(CC(C6)C4)C5)cc3)c3ccc(C45CC6CC(CC(C6)C4)C5)cc3)ccc2-c2ccc3c(sc4ccccc43)c21. The van der Waals surface area contributed by atoms with Crippen molar-refractivity contribution in [2.24, 2.45) is 35.5 Å². The molecular weight excluding hydrogens is 683 g/mol. The number of fused-ring (bicyclic) bond motifs is 7. The molecule has 55 heavy (non-hydrogen) atoms. The van der Waals surface area contributed by atoms with Crippen molar-refractivity contribution in [2.45, 2.75) is 107 Å². The third-order valence-corrected chi connectivity index (χ3v) is 18.2. The first-order valence-corrected chi connectivity index (χ1v) is 22.7. The van der Waals surface area contributed by atoms with Gasteiger partial charge in [-0.2, -0.15) is 0 Å². The Balaban J connectivity index is 0.917. The van der Waals surface area contributed by atoms with E-state index in [4.69, 9.17) is 0 Å². The second-order valence-electron chi connectivity index (χ2n) is 20.6. The van der Waals surface area contributed by atoms with Gasteiger partial charge in [-0.15, -0.1) is 11.3 Å². The quantitative estimate of drug-likeness (QED) is 0.170. The number of nitrogens with zero attached hydrogens (tertiary/aromatic N) is 1. The molecule has 0 N–H and O–H groups in total. The van der Waals surface area contributed by atoms with E-state index >= 15 is 0 Å². The minimum Gasteiger partial charge on any atom is -0.310 e. The van der Waals surface area contributed by atoms with Crippen molar-refractivity contribution in [3.05, 3.63) is 125 Å². The van der Waals surface area contributed by atoms with Crippen molar-refractivity contribution < 1.29 is 0 Å². The van der Waals surface area contributed by atoms with E-state index < -0.39 is 0 Å². The molecule has 0 radical (unpaired) electrons. The Bertz CT molecular complexity index is 2370. The number of rotatable bonds is 5. The largest absolute Gasteiger partial charge is 0.310 e. The smallest absolute Gasteiger partial charge is 0.0465 e. The van der Waals surface area contributed by atoms with Gasteiger partial charge in [-0.1, -0.05) is 74.5 Å². The lowest BCUT2D eigenvalue weighted by molar-refractivity contribution is -0.00529. The van der Waals surface area contributed by atoms with Crippen LogP contribution in [0.4, 0.5) is 17.1 Å². The summed E-state index contributed by atoms with van der Waals surface area (Å²) in [6.45, 7) is 4.94. The molecule has 0 atom stereocenters. The highest BCUT2D eigenvalue weighted by Crippen LogP contribution is 2.63. The van der Waals surface area contributed by atoms with Crippen molar-refractivity contribution in [1.29, 1.82) is 0 Å². The highest BCUT2D eigenvalue weighted by Gasteiger charge is 2.53. The van der Waals surface area contributed by atoms with Crippen molar-refractivity contribution in [2.75, 3.05) is 4.90 Å². The van der Waals surface area contributed by atoms with E-state index in [0.717, 1.165) is 35.5 Å². The van der Waals surface area contributed by atoms with Crippen LogP contribution in [-0.2, 0) is 16.2 Å². The first-order valence-electron chi connectivity index (χ1n) is 21.9. The normalized spacial score (nSPS) is 33.1. The van der Waals surface area contributed by atoms with Crippen LogP contribution in [0.1, 0.15) is 113 Å². The van der Waals surface area contributed by atoms with Crippen LogP contribution in [0.25, 0.3) is 31.3 Å². The number of benzene rings is 5. The van der Waals surface area contributed by atoms with Gasteiger partial charge < -0.3 is 4.90 Å². The minimum atomic E-state index is -0.0997. The molecule has 1 heterocycles. The van der Waals surface area contributed by atoms with Gasteiger partial charge in [-0.3, -0.25) is 0 Å². The lowest BCUT2D eigenvalue weighted by Gasteiger charge is -2.57. The van der Waals surface area contributed by atoms with Gasteiger partial charge in [0, 0.05) is 42.6 Å². The molecule has 8 fully saturated rings. The fourth-order valence-corrected chi connectivity index (χ4v) is 16.9. The van der Waals surface area contributed by atoms with E-state index in [1.54, 1.807) is 11.1 Å². The second kappa shape index (κ2) is 11.2. The molecule has 0 amide bonds. The number of anilines is 3. The number of thiophene rings is 1.